The molecular formula is C19H35N5O2. The third-order valence-corrected chi connectivity index (χ3v) is 3.98. The number of rotatable bonds is 11. The molecular weight excluding hydrogens is 330 g/mol. The molecule has 0 aliphatic rings. The Bertz CT molecular complexity index is 518. The van der Waals surface area contributed by atoms with E-state index in [1.54, 1.807) is 12.3 Å². The number of aliphatic imine (C=N–C) groups is 1. The first kappa shape index (κ1) is 22.0. The lowest BCUT2D eigenvalue weighted by atomic mass is 10.2. The van der Waals surface area contributed by atoms with Crippen molar-refractivity contribution in [3.63, 3.8) is 0 Å². The highest BCUT2D eigenvalue weighted by Crippen LogP contribution is 2.05. The van der Waals surface area contributed by atoms with E-state index in [1.807, 2.05) is 13.0 Å². The van der Waals surface area contributed by atoms with Gasteiger partial charge < -0.3 is 20.4 Å². The molecule has 0 bridgehead atoms. The molecule has 0 unspecified atom stereocenters. The average molecular weight is 366 g/mol. The summed E-state index contributed by atoms with van der Waals surface area (Å²) in [5, 5.41) is 9.25. The minimum Gasteiger partial charge on any atom is -0.467 e. The molecule has 0 saturated carbocycles. The van der Waals surface area contributed by atoms with Crippen molar-refractivity contribution in [2.75, 3.05) is 26.2 Å². The molecule has 1 heterocycles. The van der Waals surface area contributed by atoms with Gasteiger partial charge in [-0.05, 0) is 53.2 Å². The van der Waals surface area contributed by atoms with Crippen molar-refractivity contribution in [3.8, 4) is 0 Å². The SMILES string of the molecule is CCNC(=NCC(=O)NCc1ccco1)NCCCN(C(C)C)C(C)C. The van der Waals surface area contributed by atoms with Crippen molar-refractivity contribution >= 4 is 11.9 Å². The number of guanidine groups is 1. The van der Waals surface area contributed by atoms with Crippen molar-refractivity contribution in [1.29, 1.82) is 0 Å². The molecule has 1 rings (SSSR count). The van der Waals surface area contributed by atoms with Gasteiger partial charge in [0.15, 0.2) is 5.96 Å². The maximum atomic E-state index is 11.9. The molecule has 0 atom stereocenters. The second-order valence-corrected chi connectivity index (χ2v) is 6.76. The van der Waals surface area contributed by atoms with Crippen molar-refractivity contribution < 1.29 is 9.21 Å². The van der Waals surface area contributed by atoms with Gasteiger partial charge in [0.2, 0.25) is 5.91 Å². The number of amides is 1. The van der Waals surface area contributed by atoms with Gasteiger partial charge >= 0.3 is 0 Å². The molecule has 0 fully saturated rings. The van der Waals surface area contributed by atoms with Gasteiger partial charge in [0.05, 0.1) is 12.8 Å². The first-order valence-electron chi connectivity index (χ1n) is 9.51. The fraction of sp³-hybridized carbons (Fsp3) is 0.684. The lowest BCUT2D eigenvalue weighted by Gasteiger charge is -2.30. The van der Waals surface area contributed by atoms with Crippen LogP contribution in [0.5, 0.6) is 0 Å². The zero-order valence-corrected chi connectivity index (χ0v) is 16.8. The molecule has 0 aliphatic carbocycles. The average Bonchev–Trinajstić information content (AvgIpc) is 3.10. The Morgan fingerprint density at radius 1 is 1.19 bits per heavy atom. The van der Waals surface area contributed by atoms with Crippen LogP contribution < -0.4 is 16.0 Å². The van der Waals surface area contributed by atoms with Gasteiger partial charge in [-0.25, -0.2) is 4.99 Å². The Morgan fingerprint density at radius 3 is 2.50 bits per heavy atom. The summed E-state index contributed by atoms with van der Waals surface area (Å²) in [6.45, 7) is 14.0. The summed E-state index contributed by atoms with van der Waals surface area (Å²) in [6.07, 6.45) is 2.61. The summed E-state index contributed by atoms with van der Waals surface area (Å²) < 4.78 is 5.19. The van der Waals surface area contributed by atoms with Crippen molar-refractivity contribution in [2.45, 2.75) is 59.7 Å². The molecule has 1 aromatic heterocycles. The molecule has 0 aliphatic heterocycles. The topological polar surface area (TPSA) is 81.9 Å². The van der Waals surface area contributed by atoms with Crippen molar-refractivity contribution in [2.24, 2.45) is 4.99 Å². The zero-order valence-electron chi connectivity index (χ0n) is 16.8. The maximum Gasteiger partial charge on any atom is 0.242 e. The van der Waals surface area contributed by atoms with E-state index in [0.717, 1.165) is 31.8 Å². The number of nitrogens with zero attached hydrogens (tertiary/aromatic N) is 2. The summed E-state index contributed by atoms with van der Waals surface area (Å²) in [5.41, 5.74) is 0. The van der Waals surface area contributed by atoms with Gasteiger partial charge in [-0.1, -0.05) is 0 Å². The smallest absolute Gasteiger partial charge is 0.242 e. The van der Waals surface area contributed by atoms with Gasteiger partial charge in [0.1, 0.15) is 12.3 Å². The second kappa shape index (κ2) is 12.4. The van der Waals surface area contributed by atoms with Crippen LogP contribution >= 0.6 is 0 Å². The molecule has 26 heavy (non-hydrogen) atoms. The first-order chi connectivity index (χ1) is 12.4. The Hall–Kier alpha value is -2.02. The minimum atomic E-state index is -0.135. The highest BCUT2D eigenvalue weighted by molar-refractivity contribution is 5.84. The molecule has 3 N–H and O–H groups in total. The van der Waals surface area contributed by atoms with E-state index in [1.165, 1.54) is 0 Å². The molecule has 0 aromatic carbocycles. The van der Waals surface area contributed by atoms with Crippen LogP contribution in [0.3, 0.4) is 0 Å². The number of hydrogen-bond donors (Lipinski definition) is 3. The lowest BCUT2D eigenvalue weighted by molar-refractivity contribution is -0.119. The van der Waals surface area contributed by atoms with Crippen molar-refractivity contribution in [3.05, 3.63) is 24.2 Å². The summed E-state index contributed by atoms with van der Waals surface area (Å²) in [7, 11) is 0. The van der Waals surface area contributed by atoms with Crippen LogP contribution in [-0.2, 0) is 11.3 Å². The van der Waals surface area contributed by atoms with Crippen LogP contribution in [0.15, 0.2) is 27.8 Å². The Morgan fingerprint density at radius 2 is 1.92 bits per heavy atom. The van der Waals surface area contributed by atoms with Crippen LogP contribution in [0, 0.1) is 0 Å². The van der Waals surface area contributed by atoms with Crippen molar-refractivity contribution in [1.82, 2.24) is 20.9 Å². The number of nitrogens with one attached hydrogen (secondary N) is 3. The molecule has 0 radical (unpaired) electrons. The number of carbonyl (C=O) groups is 1. The summed E-state index contributed by atoms with van der Waals surface area (Å²) in [5.74, 6) is 1.26. The van der Waals surface area contributed by atoms with Gasteiger partial charge in [-0.15, -0.1) is 0 Å². The molecule has 0 spiro atoms. The van der Waals surface area contributed by atoms with Crippen LogP contribution in [0.1, 0.15) is 46.8 Å². The number of furan rings is 1. The summed E-state index contributed by atoms with van der Waals surface area (Å²) in [4.78, 5) is 18.7. The molecule has 7 nitrogen and oxygen atoms in total. The monoisotopic (exact) mass is 365 g/mol. The highest BCUT2D eigenvalue weighted by Gasteiger charge is 2.12. The number of hydrogen-bond acceptors (Lipinski definition) is 4. The van der Waals surface area contributed by atoms with Gasteiger partial charge in [-0.3, -0.25) is 9.69 Å². The van der Waals surface area contributed by atoms with Crippen LogP contribution in [0.25, 0.3) is 0 Å². The fourth-order valence-electron chi connectivity index (χ4n) is 2.73. The van der Waals surface area contributed by atoms with E-state index in [0.29, 0.717) is 24.6 Å². The largest absolute Gasteiger partial charge is 0.467 e. The Kier molecular flexibility index (Phi) is 10.5. The van der Waals surface area contributed by atoms with E-state index in [9.17, 15) is 4.79 Å². The molecule has 1 aromatic rings. The van der Waals surface area contributed by atoms with E-state index >= 15 is 0 Å². The lowest BCUT2D eigenvalue weighted by Crippen LogP contribution is -2.41. The normalized spacial score (nSPS) is 12.1. The molecule has 148 valence electrons. The third-order valence-electron chi connectivity index (χ3n) is 3.98. The third kappa shape index (κ3) is 8.89. The van der Waals surface area contributed by atoms with Gasteiger partial charge in [0.25, 0.3) is 0 Å². The van der Waals surface area contributed by atoms with E-state index in [-0.39, 0.29) is 12.5 Å². The van der Waals surface area contributed by atoms with E-state index in [2.05, 4.69) is 53.5 Å². The molecule has 0 saturated heterocycles. The summed E-state index contributed by atoms with van der Waals surface area (Å²) >= 11 is 0. The standard InChI is InChI=1S/C19H35N5O2/c1-6-20-19(21-10-8-11-24(15(2)3)16(4)5)23-14-18(25)22-13-17-9-7-12-26-17/h7,9,12,15-16H,6,8,10-11,13-14H2,1-5H3,(H,22,25)(H2,20,21,23). The molecule has 1 amide bonds. The van der Waals surface area contributed by atoms with E-state index < -0.39 is 0 Å². The van der Waals surface area contributed by atoms with Gasteiger partial charge in [0, 0.05) is 31.7 Å². The van der Waals surface area contributed by atoms with Crippen LogP contribution in [0.2, 0.25) is 0 Å². The Balaban J connectivity index is 2.34. The van der Waals surface area contributed by atoms with Crippen LogP contribution in [-0.4, -0.2) is 55.0 Å². The maximum absolute atomic E-state index is 11.9. The summed E-state index contributed by atoms with van der Waals surface area (Å²) in [6, 6.07) is 4.70. The highest BCUT2D eigenvalue weighted by atomic mass is 16.3. The molecule has 7 heteroatoms. The second-order valence-electron chi connectivity index (χ2n) is 6.76. The first-order valence-corrected chi connectivity index (χ1v) is 9.51. The van der Waals surface area contributed by atoms with E-state index in [4.69, 9.17) is 4.42 Å². The van der Waals surface area contributed by atoms with Crippen LogP contribution in [0.4, 0.5) is 0 Å². The quantitative estimate of drug-likeness (QED) is 0.317. The predicted octanol–water partition coefficient (Wildman–Crippen LogP) is 1.96. The zero-order chi connectivity index (χ0) is 19.4. The predicted molar refractivity (Wildman–Crippen MR) is 106 cm³/mol. The number of carbonyl (C=O) groups excluding carboxylic acids is 1. The minimum absolute atomic E-state index is 0.0835. The van der Waals surface area contributed by atoms with Gasteiger partial charge in [-0.2, -0.15) is 0 Å². The fourth-order valence-corrected chi connectivity index (χ4v) is 2.73. The Labute approximate surface area is 157 Å².